The molecule has 0 bridgehead atoms. The SMILES string of the molecule is CCOC(=O)/C(=C(\C)c1ccccc1)[C@@H](NS(=O)c1ccc(C)cc1)c1ccc(Cl)cc1. The highest BCUT2D eigenvalue weighted by Crippen LogP contribution is 2.32. The summed E-state index contributed by atoms with van der Waals surface area (Å²) in [7, 11) is -1.57. The van der Waals surface area contributed by atoms with Crippen LogP contribution in [0.25, 0.3) is 5.57 Å². The predicted molar refractivity (Wildman–Crippen MR) is 131 cm³/mol. The molecule has 3 aromatic carbocycles. The topological polar surface area (TPSA) is 55.4 Å². The zero-order valence-electron chi connectivity index (χ0n) is 18.3. The summed E-state index contributed by atoms with van der Waals surface area (Å²) in [6.07, 6.45) is 0. The monoisotopic (exact) mass is 467 g/mol. The maximum atomic E-state index is 13.2. The van der Waals surface area contributed by atoms with E-state index in [9.17, 15) is 9.00 Å². The molecular formula is C26H26ClNO3S. The van der Waals surface area contributed by atoms with E-state index in [1.54, 1.807) is 19.1 Å². The molecule has 0 saturated carbocycles. The van der Waals surface area contributed by atoms with Crippen LogP contribution < -0.4 is 4.72 Å². The van der Waals surface area contributed by atoms with Gasteiger partial charge >= 0.3 is 5.97 Å². The highest BCUT2D eigenvalue weighted by atomic mass is 35.5. The number of nitrogens with one attached hydrogen (secondary N) is 1. The fourth-order valence-corrected chi connectivity index (χ4v) is 4.44. The Bertz CT molecular complexity index is 1110. The van der Waals surface area contributed by atoms with Crippen molar-refractivity contribution in [3.8, 4) is 0 Å². The van der Waals surface area contributed by atoms with Gasteiger partial charge in [0, 0.05) is 5.02 Å². The molecule has 0 spiro atoms. The number of esters is 1. The Kier molecular flexibility index (Phi) is 8.39. The molecule has 32 heavy (non-hydrogen) atoms. The van der Waals surface area contributed by atoms with Gasteiger partial charge in [-0.25, -0.2) is 13.7 Å². The van der Waals surface area contributed by atoms with Crippen molar-refractivity contribution in [3.05, 3.63) is 106 Å². The Balaban J connectivity index is 2.13. The van der Waals surface area contributed by atoms with Crippen molar-refractivity contribution >= 4 is 34.1 Å². The quantitative estimate of drug-likeness (QED) is 0.324. The second-order valence-corrected chi connectivity index (χ2v) is 8.99. The van der Waals surface area contributed by atoms with Gasteiger partial charge in [-0.05, 0) is 61.7 Å². The van der Waals surface area contributed by atoms with Gasteiger partial charge in [-0.1, -0.05) is 71.8 Å². The standard InChI is InChI=1S/C26H26ClNO3S/c1-4-31-26(29)24(19(3)20-8-6-5-7-9-20)25(21-12-14-22(27)15-13-21)28-32(30)23-16-10-18(2)11-17-23/h5-17,25,28H,4H2,1-3H3/b24-19+/t25-,32?/m0/s1. The van der Waals surface area contributed by atoms with Crippen LogP contribution in [0.4, 0.5) is 0 Å². The smallest absolute Gasteiger partial charge is 0.336 e. The van der Waals surface area contributed by atoms with Gasteiger partial charge in [0.2, 0.25) is 0 Å². The van der Waals surface area contributed by atoms with E-state index in [1.807, 2.05) is 80.6 Å². The number of rotatable bonds is 8. The maximum absolute atomic E-state index is 13.2. The number of hydrogen-bond acceptors (Lipinski definition) is 3. The minimum absolute atomic E-state index is 0.235. The normalized spacial score (nSPS) is 13.8. The van der Waals surface area contributed by atoms with Crippen molar-refractivity contribution < 1.29 is 13.7 Å². The Morgan fingerprint density at radius 2 is 1.62 bits per heavy atom. The summed E-state index contributed by atoms with van der Waals surface area (Å²) in [6, 6.07) is 23.5. The number of aryl methyl sites for hydroxylation is 1. The van der Waals surface area contributed by atoms with E-state index in [4.69, 9.17) is 16.3 Å². The second-order valence-electron chi connectivity index (χ2n) is 7.31. The van der Waals surface area contributed by atoms with Crippen LogP contribution in [0.1, 0.15) is 36.6 Å². The molecule has 0 aromatic heterocycles. The first kappa shape index (κ1) is 23.9. The number of hydrogen-bond donors (Lipinski definition) is 1. The fourth-order valence-electron chi connectivity index (χ4n) is 3.33. The van der Waals surface area contributed by atoms with E-state index in [0.717, 1.165) is 22.3 Å². The average molecular weight is 468 g/mol. The molecule has 6 heteroatoms. The molecule has 4 nitrogen and oxygen atoms in total. The summed E-state index contributed by atoms with van der Waals surface area (Å²) < 4.78 is 21.8. The van der Waals surface area contributed by atoms with Crippen LogP contribution >= 0.6 is 11.6 Å². The van der Waals surface area contributed by atoms with Crippen molar-refractivity contribution in [2.75, 3.05) is 6.61 Å². The minimum atomic E-state index is -1.57. The highest BCUT2D eigenvalue weighted by molar-refractivity contribution is 7.83. The molecule has 3 aromatic rings. The molecule has 0 fully saturated rings. The summed E-state index contributed by atoms with van der Waals surface area (Å²) in [5, 5.41) is 0.577. The Morgan fingerprint density at radius 1 is 1.00 bits per heavy atom. The first-order valence-corrected chi connectivity index (χ1v) is 11.9. The largest absolute Gasteiger partial charge is 0.463 e. The van der Waals surface area contributed by atoms with Gasteiger partial charge < -0.3 is 4.74 Å². The number of carbonyl (C=O) groups excluding carboxylic acids is 1. The van der Waals surface area contributed by atoms with Gasteiger partial charge in [0.1, 0.15) is 11.0 Å². The van der Waals surface area contributed by atoms with E-state index in [1.165, 1.54) is 0 Å². The molecule has 0 aliphatic rings. The third-order valence-electron chi connectivity index (χ3n) is 5.06. The van der Waals surface area contributed by atoms with Crippen molar-refractivity contribution in [1.29, 1.82) is 0 Å². The number of ether oxygens (including phenoxy) is 1. The molecule has 2 atom stereocenters. The lowest BCUT2D eigenvalue weighted by molar-refractivity contribution is -0.138. The van der Waals surface area contributed by atoms with Crippen LogP contribution in [-0.2, 0) is 20.5 Å². The maximum Gasteiger partial charge on any atom is 0.336 e. The molecule has 1 N–H and O–H groups in total. The molecular weight excluding hydrogens is 442 g/mol. The van der Waals surface area contributed by atoms with E-state index < -0.39 is 23.0 Å². The van der Waals surface area contributed by atoms with Gasteiger partial charge in [-0.15, -0.1) is 0 Å². The molecule has 166 valence electrons. The Morgan fingerprint density at radius 3 is 2.22 bits per heavy atom. The Labute approximate surface area is 196 Å². The van der Waals surface area contributed by atoms with E-state index >= 15 is 0 Å². The zero-order chi connectivity index (χ0) is 23.1. The molecule has 1 unspecified atom stereocenters. The molecule has 0 aliphatic heterocycles. The molecule has 3 rings (SSSR count). The Hall–Kier alpha value is -2.73. The van der Waals surface area contributed by atoms with Crippen molar-refractivity contribution in [2.45, 2.75) is 31.7 Å². The van der Waals surface area contributed by atoms with Crippen molar-refractivity contribution in [2.24, 2.45) is 0 Å². The fraction of sp³-hybridized carbons (Fsp3) is 0.192. The van der Waals surface area contributed by atoms with Crippen LogP contribution in [0, 0.1) is 6.92 Å². The third-order valence-corrected chi connectivity index (χ3v) is 6.46. The van der Waals surface area contributed by atoms with Gasteiger partial charge in [0.15, 0.2) is 0 Å². The average Bonchev–Trinajstić information content (AvgIpc) is 2.80. The van der Waals surface area contributed by atoms with Gasteiger partial charge in [-0.3, -0.25) is 0 Å². The van der Waals surface area contributed by atoms with Gasteiger partial charge in [0.25, 0.3) is 0 Å². The summed E-state index contributed by atoms with van der Waals surface area (Å²) in [6.45, 7) is 5.85. The van der Waals surface area contributed by atoms with Crippen molar-refractivity contribution in [1.82, 2.24) is 4.72 Å². The third kappa shape index (κ3) is 5.94. The number of halogens is 1. The summed E-state index contributed by atoms with van der Waals surface area (Å²) in [5.74, 6) is -0.456. The second kappa shape index (κ2) is 11.2. The molecule has 0 saturated heterocycles. The summed E-state index contributed by atoms with van der Waals surface area (Å²) in [5.41, 5.74) is 3.87. The van der Waals surface area contributed by atoms with Crippen LogP contribution in [0.2, 0.25) is 5.02 Å². The van der Waals surface area contributed by atoms with E-state index in [0.29, 0.717) is 15.5 Å². The lowest BCUT2D eigenvalue weighted by atomic mass is 9.92. The molecule has 0 radical (unpaired) electrons. The van der Waals surface area contributed by atoms with E-state index in [2.05, 4.69) is 4.72 Å². The molecule has 0 amide bonds. The van der Waals surface area contributed by atoms with Crippen LogP contribution in [0.15, 0.2) is 89.3 Å². The molecule has 0 aliphatic carbocycles. The predicted octanol–water partition coefficient (Wildman–Crippen LogP) is 6.04. The van der Waals surface area contributed by atoms with Crippen LogP contribution in [-0.4, -0.2) is 16.8 Å². The first-order valence-electron chi connectivity index (χ1n) is 10.3. The lowest BCUT2D eigenvalue weighted by Crippen LogP contribution is -2.30. The van der Waals surface area contributed by atoms with Crippen LogP contribution in [0.3, 0.4) is 0 Å². The minimum Gasteiger partial charge on any atom is -0.463 e. The van der Waals surface area contributed by atoms with Gasteiger partial charge in [-0.2, -0.15) is 0 Å². The van der Waals surface area contributed by atoms with Crippen molar-refractivity contribution in [3.63, 3.8) is 0 Å². The number of benzene rings is 3. The number of carbonyl (C=O) groups is 1. The highest BCUT2D eigenvalue weighted by Gasteiger charge is 2.28. The lowest BCUT2D eigenvalue weighted by Gasteiger charge is -2.23. The summed E-state index contributed by atoms with van der Waals surface area (Å²) in [4.78, 5) is 13.8. The summed E-state index contributed by atoms with van der Waals surface area (Å²) >= 11 is 6.10. The van der Waals surface area contributed by atoms with Crippen LogP contribution in [0.5, 0.6) is 0 Å². The van der Waals surface area contributed by atoms with Gasteiger partial charge in [0.05, 0.1) is 23.1 Å². The first-order chi connectivity index (χ1) is 15.4. The zero-order valence-corrected chi connectivity index (χ0v) is 19.9. The molecule has 0 heterocycles. The number of allylic oxidation sites excluding steroid dienone is 1. The van der Waals surface area contributed by atoms with E-state index in [-0.39, 0.29) is 6.61 Å².